The van der Waals surface area contributed by atoms with Crippen molar-refractivity contribution in [3.05, 3.63) is 22.9 Å². The minimum atomic E-state index is 0.906. The number of halogens is 1. The van der Waals surface area contributed by atoms with Gasteiger partial charge in [-0.15, -0.1) is 0 Å². The minimum Gasteiger partial charge on any atom is -0.369 e. The second kappa shape index (κ2) is 4.07. The fourth-order valence-corrected chi connectivity index (χ4v) is 1.86. The maximum Gasteiger partial charge on any atom is 0.108 e. The van der Waals surface area contributed by atoms with Crippen molar-refractivity contribution in [1.29, 1.82) is 0 Å². The molecule has 70 valence electrons. The van der Waals surface area contributed by atoms with E-state index in [0.29, 0.717) is 0 Å². The Hall–Kier alpha value is -0.610. The second-order valence-electron chi connectivity index (χ2n) is 3.07. The molecule has 3 nitrogen and oxygen atoms in total. The van der Waals surface area contributed by atoms with Crippen molar-refractivity contribution >= 4 is 21.6 Å². The van der Waals surface area contributed by atoms with Gasteiger partial charge in [0.1, 0.15) is 4.60 Å². The normalized spacial score (nSPS) is 17.5. The highest BCUT2D eigenvalue weighted by molar-refractivity contribution is 9.10. The SMILES string of the molecule is Brc1cc(N2CCNCC2)ccn1. The molecule has 1 aromatic rings. The molecular weight excluding hydrogens is 230 g/mol. The summed E-state index contributed by atoms with van der Waals surface area (Å²) >= 11 is 3.38. The third kappa shape index (κ3) is 2.19. The molecule has 1 aliphatic rings. The van der Waals surface area contributed by atoms with E-state index in [1.54, 1.807) is 0 Å². The van der Waals surface area contributed by atoms with Gasteiger partial charge in [-0.25, -0.2) is 4.98 Å². The number of aromatic nitrogens is 1. The van der Waals surface area contributed by atoms with E-state index in [2.05, 4.69) is 43.3 Å². The topological polar surface area (TPSA) is 28.2 Å². The molecule has 0 saturated carbocycles. The first kappa shape index (κ1) is 8.97. The zero-order valence-electron chi connectivity index (χ0n) is 7.33. The van der Waals surface area contributed by atoms with Crippen molar-refractivity contribution in [2.24, 2.45) is 0 Å². The standard InChI is InChI=1S/C9H12BrN3/c10-9-7-8(1-2-12-9)13-5-3-11-4-6-13/h1-2,7,11H,3-6H2. The fourth-order valence-electron chi connectivity index (χ4n) is 1.51. The van der Waals surface area contributed by atoms with Gasteiger partial charge in [0.15, 0.2) is 0 Å². The molecule has 2 heterocycles. The predicted octanol–water partition coefficient (Wildman–Crippen LogP) is 1.25. The van der Waals surface area contributed by atoms with Crippen LogP contribution in [0.1, 0.15) is 0 Å². The van der Waals surface area contributed by atoms with Crippen molar-refractivity contribution in [3.63, 3.8) is 0 Å². The van der Waals surface area contributed by atoms with Gasteiger partial charge < -0.3 is 10.2 Å². The molecular formula is C9H12BrN3. The lowest BCUT2D eigenvalue weighted by molar-refractivity contribution is 0.589. The third-order valence-electron chi connectivity index (χ3n) is 2.19. The van der Waals surface area contributed by atoms with E-state index in [-0.39, 0.29) is 0 Å². The van der Waals surface area contributed by atoms with Crippen LogP contribution < -0.4 is 10.2 Å². The molecule has 0 amide bonds. The Balaban J connectivity index is 2.14. The Kier molecular flexibility index (Phi) is 2.80. The molecule has 1 saturated heterocycles. The van der Waals surface area contributed by atoms with Crippen LogP contribution in [0, 0.1) is 0 Å². The Morgan fingerprint density at radius 1 is 1.38 bits per heavy atom. The Morgan fingerprint density at radius 2 is 2.15 bits per heavy atom. The predicted molar refractivity (Wildman–Crippen MR) is 57.0 cm³/mol. The van der Waals surface area contributed by atoms with Gasteiger partial charge in [-0.3, -0.25) is 0 Å². The van der Waals surface area contributed by atoms with E-state index in [1.165, 1.54) is 5.69 Å². The first-order chi connectivity index (χ1) is 6.36. The molecule has 0 aromatic carbocycles. The van der Waals surface area contributed by atoms with Gasteiger partial charge in [-0.2, -0.15) is 0 Å². The van der Waals surface area contributed by atoms with Crippen LogP contribution in [-0.2, 0) is 0 Å². The van der Waals surface area contributed by atoms with E-state index in [4.69, 9.17) is 0 Å². The Labute approximate surface area is 86.3 Å². The Bertz CT molecular complexity index is 284. The molecule has 0 bridgehead atoms. The van der Waals surface area contributed by atoms with Crippen molar-refractivity contribution in [2.45, 2.75) is 0 Å². The molecule has 0 atom stereocenters. The highest BCUT2D eigenvalue weighted by Crippen LogP contribution is 2.17. The summed E-state index contributed by atoms with van der Waals surface area (Å²) in [4.78, 5) is 6.47. The summed E-state index contributed by atoms with van der Waals surface area (Å²) in [6.45, 7) is 4.30. The molecule has 13 heavy (non-hydrogen) atoms. The van der Waals surface area contributed by atoms with Crippen molar-refractivity contribution in [1.82, 2.24) is 10.3 Å². The quantitative estimate of drug-likeness (QED) is 0.751. The van der Waals surface area contributed by atoms with Crippen molar-refractivity contribution in [3.8, 4) is 0 Å². The summed E-state index contributed by atoms with van der Waals surface area (Å²) in [7, 11) is 0. The average Bonchev–Trinajstić information content (AvgIpc) is 2.19. The lowest BCUT2D eigenvalue weighted by Crippen LogP contribution is -2.43. The molecule has 1 aromatic heterocycles. The van der Waals surface area contributed by atoms with Crippen LogP contribution in [0.3, 0.4) is 0 Å². The molecule has 4 heteroatoms. The van der Waals surface area contributed by atoms with Gasteiger partial charge in [0.05, 0.1) is 0 Å². The number of rotatable bonds is 1. The number of anilines is 1. The maximum atomic E-state index is 4.11. The summed E-state index contributed by atoms with van der Waals surface area (Å²) in [5, 5.41) is 3.33. The molecule has 0 aliphatic carbocycles. The molecule has 2 rings (SSSR count). The summed E-state index contributed by atoms with van der Waals surface area (Å²) in [5.41, 5.74) is 1.25. The average molecular weight is 242 g/mol. The number of nitrogens with one attached hydrogen (secondary N) is 1. The minimum absolute atomic E-state index is 0.906. The molecule has 0 unspecified atom stereocenters. The third-order valence-corrected chi connectivity index (χ3v) is 2.63. The number of pyridine rings is 1. The number of piperazine rings is 1. The largest absolute Gasteiger partial charge is 0.369 e. The summed E-state index contributed by atoms with van der Waals surface area (Å²) in [5.74, 6) is 0. The molecule has 1 aliphatic heterocycles. The van der Waals surface area contributed by atoms with Crippen LogP contribution in [0.5, 0.6) is 0 Å². The van der Waals surface area contributed by atoms with Gasteiger partial charge in [-0.05, 0) is 28.1 Å². The van der Waals surface area contributed by atoms with Gasteiger partial charge in [0.2, 0.25) is 0 Å². The maximum absolute atomic E-state index is 4.11. The van der Waals surface area contributed by atoms with Crippen LogP contribution in [0.4, 0.5) is 5.69 Å². The van der Waals surface area contributed by atoms with E-state index in [0.717, 1.165) is 30.8 Å². The summed E-state index contributed by atoms with van der Waals surface area (Å²) < 4.78 is 0.906. The highest BCUT2D eigenvalue weighted by atomic mass is 79.9. The summed E-state index contributed by atoms with van der Waals surface area (Å²) in [6, 6.07) is 4.11. The van der Waals surface area contributed by atoms with Crippen molar-refractivity contribution in [2.75, 3.05) is 31.1 Å². The molecule has 1 N–H and O–H groups in total. The monoisotopic (exact) mass is 241 g/mol. The first-order valence-electron chi connectivity index (χ1n) is 4.43. The zero-order valence-corrected chi connectivity index (χ0v) is 8.92. The fraction of sp³-hybridized carbons (Fsp3) is 0.444. The van der Waals surface area contributed by atoms with E-state index in [1.807, 2.05) is 6.20 Å². The van der Waals surface area contributed by atoms with E-state index < -0.39 is 0 Å². The van der Waals surface area contributed by atoms with Crippen LogP contribution in [-0.4, -0.2) is 31.2 Å². The molecule has 0 radical (unpaired) electrons. The second-order valence-corrected chi connectivity index (χ2v) is 3.89. The first-order valence-corrected chi connectivity index (χ1v) is 5.23. The number of hydrogen-bond acceptors (Lipinski definition) is 3. The van der Waals surface area contributed by atoms with Crippen LogP contribution in [0.25, 0.3) is 0 Å². The Morgan fingerprint density at radius 3 is 2.85 bits per heavy atom. The van der Waals surface area contributed by atoms with Crippen molar-refractivity contribution < 1.29 is 0 Å². The van der Waals surface area contributed by atoms with E-state index in [9.17, 15) is 0 Å². The van der Waals surface area contributed by atoms with Crippen LogP contribution in [0.2, 0.25) is 0 Å². The van der Waals surface area contributed by atoms with Gasteiger partial charge in [0, 0.05) is 38.1 Å². The lowest BCUT2D eigenvalue weighted by Gasteiger charge is -2.29. The van der Waals surface area contributed by atoms with Gasteiger partial charge >= 0.3 is 0 Å². The lowest BCUT2D eigenvalue weighted by atomic mass is 10.3. The zero-order chi connectivity index (χ0) is 9.10. The highest BCUT2D eigenvalue weighted by Gasteiger charge is 2.09. The van der Waals surface area contributed by atoms with Crippen LogP contribution >= 0.6 is 15.9 Å². The smallest absolute Gasteiger partial charge is 0.108 e. The summed E-state index contributed by atoms with van der Waals surface area (Å²) in [6.07, 6.45) is 1.83. The number of hydrogen-bond donors (Lipinski definition) is 1. The van der Waals surface area contributed by atoms with E-state index >= 15 is 0 Å². The molecule has 1 fully saturated rings. The molecule has 0 spiro atoms. The number of nitrogens with zero attached hydrogens (tertiary/aromatic N) is 2. The van der Waals surface area contributed by atoms with Gasteiger partial charge in [-0.1, -0.05) is 0 Å². The van der Waals surface area contributed by atoms with Gasteiger partial charge in [0.25, 0.3) is 0 Å². The van der Waals surface area contributed by atoms with Crippen LogP contribution in [0.15, 0.2) is 22.9 Å².